The normalized spacial score (nSPS) is 25.8. The van der Waals surface area contributed by atoms with Gasteiger partial charge in [0.2, 0.25) is 5.91 Å². The number of hydrogen-bond acceptors (Lipinski definition) is 5. The van der Waals surface area contributed by atoms with Gasteiger partial charge in [-0.1, -0.05) is 18.9 Å². The van der Waals surface area contributed by atoms with Gasteiger partial charge in [-0.3, -0.25) is 9.59 Å². The van der Waals surface area contributed by atoms with Crippen LogP contribution in [0.2, 0.25) is 0 Å². The highest BCUT2D eigenvalue weighted by Gasteiger charge is 2.43. The Morgan fingerprint density at radius 3 is 2.71 bits per heavy atom. The maximum atomic E-state index is 12.4. The summed E-state index contributed by atoms with van der Waals surface area (Å²) in [5.74, 6) is -2.13. The average molecular weight is 374 g/mol. The first-order valence-corrected chi connectivity index (χ1v) is 10.1. The van der Waals surface area contributed by atoms with Gasteiger partial charge in [-0.2, -0.15) is 4.72 Å². The molecule has 7 nitrogen and oxygen atoms in total. The molecule has 1 aromatic heterocycles. The fourth-order valence-corrected chi connectivity index (χ4v) is 5.24. The van der Waals surface area contributed by atoms with Crippen LogP contribution < -0.4 is 10.0 Å². The van der Waals surface area contributed by atoms with Gasteiger partial charge < -0.3 is 10.4 Å². The van der Waals surface area contributed by atoms with E-state index >= 15 is 0 Å². The summed E-state index contributed by atoms with van der Waals surface area (Å²) >= 11 is 1.06. The molecule has 1 aromatic rings. The Hall–Kier alpha value is -1.45. The van der Waals surface area contributed by atoms with Crippen molar-refractivity contribution in [1.82, 2.24) is 10.0 Å². The molecule has 3 N–H and O–H groups in total. The van der Waals surface area contributed by atoms with Gasteiger partial charge in [0.1, 0.15) is 4.21 Å². The minimum Gasteiger partial charge on any atom is -0.481 e. The summed E-state index contributed by atoms with van der Waals surface area (Å²) in [6.07, 6.45) is 2.69. The van der Waals surface area contributed by atoms with E-state index in [1.165, 1.54) is 13.0 Å². The van der Waals surface area contributed by atoms with Crippen molar-refractivity contribution in [2.24, 2.45) is 5.92 Å². The molecule has 0 radical (unpaired) electrons. The summed E-state index contributed by atoms with van der Waals surface area (Å²) in [6, 6.07) is 2.08. The SMILES string of the molecule is CC(NS(=O)(=O)c1cccs1)C(=O)NC1(C)CCCCC1C(=O)O. The lowest BCUT2D eigenvalue weighted by Gasteiger charge is -2.40. The molecular weight excluding hydrogens is 352 g/mol. The highest BCUT2D eigenvalue weighted by Crippen LogP contribution is 2.34. The number of nitrogens with one attached hydrogen (secondary N) is 2. The average Bonchev–Trinajstić information content (AvgIpc) is 3.01. The number of carbonyl (C=O) groups excluding carboxylic acids is 1. The number of rotatable bonds is 6. The van der Waals surface area contributed by atoms with Gasteiger partial charge in [-0.25, -0.2) is 8.42 Å². The molecule has 1 heterocycles. The number of sulfonamides is 1. The van der Waals surface area contributed by atoms with Crippen molar-refractivity contribution in [2.75, 3.05) is 0 Å². The van der Waals surface area contributed by atoms with E-state index in [-0.39, 0.29) is 4.21 Å². The topological polar surface area (TPSA) is 113 Å². The quantitative estimate of drug-likeness (QED) is 0.699. The molecule has 134 valence electrons. The fourth-order valence-electron chi connectivity index (χ4n) is 3.03. The van der Waals surface area contributed by atoms with Crippen LogP contribution in [0.15, 0.2) is 21.7 Å². The van der Waals surface area contributed by atoms with Crippen LogP contribution in [-0.4, -0.2) is 37.0 Å². The van der Waals surface area contributed by atoms with Gasteiger partial charge in [0.05, 0.1) is 17.5 Å². The Labute approximate surface area is 145 Å². The van der Waals surface area contributed by atoms with Gasteiger partial charge in [0.25, 0.3) is 10.0 Å². The van der Waals surface area contributed by atoms with Gasteiger partial charge >= 0.3 is 5.97 Å². The first-order valence-electron chi connectivity index (χ1n) is 7.76. The Bertz CT molecular complexity index is 701. The molecular formula is C15H22N2O5S2. The van der Waals surface area contributed by atoms with Crippen molar-refractivity contribution in [2.45, 2.75) is 55.3 Å². The minimum atomic E-state index is -3.76. The van der Waals surface area contributed by atoms with Crippen molar-refractivity contribution in [3.8, 4) is 0 Å². The molecule has 1 aliphatic carbocycles. The van der Waals surface area contributed by atoms with E-state index in [2.05, 4.69) is 10.0 Å². The van der Waals surface area contributed by atoms with Crippen LogP contribution in [0.4, 0.5) is 0 Å². The van der Waals surface area contributed by atoms with E-state index in [0.717, 1.165) is 24.2 Å². The fraction of sp³-hybridized carbons (Fsp3) is 0.600. The largest absolute Gasteiger partial charge is 0.481 e. The predicted octanol–water partition coefficient (Wildman–Crippen LogP) is 1.56. The molecule has 0 bridgehead atoms. The lowest BCUT2D eigenvalue weighted by Crippen LogP contribution is -2.59. The second-order valence-electron chi connectivity index (χ2n) is 6.32. The molecule has 0 aromatic carbocycles. The Morgan fingerprint density at radius 2 is 2.12 bits per heavy atom. The Kier molecular flexibility index (Phi) is 5.67. The number of aliphatic carboxylic acids is 1. The molecule has 3 unspecified atom stereocenters. The van der Waals surface area contributed by atoms with Gasteiger partial charge in [-0.05, 0) is 38.1 Å². The second kappa shape index (κ2) is 7.20. The Morgan fingerprint density at radius 1 is 1.42 bits per heavy atom. The second-order valence-corrected chi connectivity index (χ2v) is 9.21. The van der Waals surface area contributed by atoms with E-state index in [0.29, 0.717) is 12.8 Å². The van der Waals surface area contributed by atoms with Crippen molar-refractivity contribution in [3.63, 3.8) is 0 Å². The molecule has 1 aliphatic rings. The maximum Gasteiger partial charge on any atom is 0.308 e. The van der Waals surface area contributed by atoms with Crippen molar-refractivity contribution >= 4 is 33.2 Å². The summed E-state index contributed by atoms with van der Waals surface area (Å²) < 4.78 is 26.8. The minimum absolute atomic E-state index is 0.134. The van der Waals surface area contributed by atoms with Crippen molar-refractivity contribution in [3.05, 3.63) is 17.5 Å². The van der Waals surface area contributed by atoms with Crippen LogP contribution in [0.1, 0.15) is 39.5 Å². The number of carboxylic acid groups (broad SMARTS) is 1. The van der Waals surface area contributed by atoms with Gasteiger partial charge in [-0.15, -0.1) is 11.3 Å². The van der Waals surface area contributed by atoms with E-state index in [1.54, 1.807) is 18.4 Å². The van der Waals surface area contributed by atoms with Crippen LogP contribution >= 0.6 is 11.3 Å². The first kappa shape index (κ1) is 18.9. The third-order valence-electron chi connectivity index (χ3n) is 4.40. The lowest BCUT2D eigenvalue weighted by atomic mass is 9.74. The summed E-state index contributed by atoms with van der Waals surface area (Å²) in [6.45, 7) is 3.16. The van der Waals surface area contributed by atoms with E-state index in [4.69, 9.17) is 0 Å². The van der Waals surface area contributed by atoms with Crippen LogP contribution in [0, 0.1) is 5.92 Å². The predicted molar refractivity (Wildman–Crippen MR) is 90.2 cm³/mol. The summed E-state index contributed by atoms with van der Waals surface area (Å²) in [7, 11) is -3.76. The summed E-state index contributed by atoms with van der Waals surface area (Å²) in [5.41, 5.74) is -0.871. The standard InChI is InChI=1S/C15H22N2O5S2/c1-10(17-24(21,22)12-7-5-9-23-12)13(18)16-15(2)8-4-3-6-11(15)14(19)20/h5,7,9-11,17H,3-4,6,8H2,1-2H3,(H,16,18)(H,19,20). The third-order valence-corrected chi connectivity index (χ3v) is 7.34. The van der Waals surface area contributed by atoms with Crippen molar-refractivity contribution in [1.29, 1.82) is 0 Å². The van der Waals surface area contributed by atoms with Crippen LogP contribution in [0.5, 0.6) is 0 Å². The molecule has 0 spiro atoms. The molecule has 9 heteroatoms. The maximum absolute atomic E-state index is 12.4. The Balaban J connectivity index is 2.07. The van der Waals surface area contributed by atoms with Crippen molar-refractivity contribution < 1.29 is 23.1 Å². The number of carbonyl (C=O) groups is 2. The zero-order valence-electron chi connectivity index (χ0n) is 13.6. The number of amides is 1. The van der Waals surface area contributed by atoms with Crippen LogP contribution in [0.3, 0.4) is 0 Å². The smallest absolute Gasteiger partial charge is 0.308 e. The molecule has 1 amide bonds. The van der Waals surface area contributed by atoms with Crippen LogP contribution in [0.25, 0.3) is 0 Å². The summed E-state index contributed by atoms with van der Waals surface area (Å²) in [4.78, 5) is 23.8. The van der Waals surface area contributed by atoms with E-state index < -0.39 is 39.4 Å². The molecule has 0 aliphatic heterocycles. The summed E-state index contributed by atoms with van der Waals surface area (Å²) in [5, 5.41) is 13.8. The molecule has 0 saturated heterocycles. The zero-order chi connectivity index (χ0) is 18.0. The number of hydrogen-bond donors (Lipinski definition) is 3. The molecule has 1 saturated carbocycles. The zero-order valence-corrected chi connectivity index (χ0v) is 15.2. The third kappa shape index (κ3) is 4.14. The van der Waals surface area contributed by atoms with Gasteiger partial charge in [0.15, 0.2) is 0 Å². The molecule has 2 rings (SSSR count). The molecule has 1 fully saturated rings. The highest BCUT2D eigenvalue weighted by molar-refractivity contribution is 7.91. The van der Waals surface area contributed by atoms with Crippen LogP contribution in [-0.2, 0) is 19.6 Å². The lowest BCUT2D eigenvalue weighted by molar-refractivity contribution is -0.146. The highest BCUT2D eigenvalue weighted by atomic mass is 32.2. The molecule has 24 heavy (non-hydrogen) atoms. The van der Waals surface area contributed by atoms with E-state index in [9.17, 15) is 23.1 Å². The first-order chi connectivity index (χ1) is 11.2. The monoisotopic (exact) mass is 374 g/mol. The number of carboxylic acids is 1. The van der Waals surface area contributed by atoms with E-state index in [1.807, 2.05) is 0 Å². The molecule has 3 atom stereocenters. The van der Waals surface area contributed by atoms with Gasteiger partial charge in [0, 0.05) is 0 Å². The number of thiophene rings is 1.